The number of azide groups is 1. The normalized spacial score (nSPS) is 25.0. The minimum absolute atomic E-state index is 0.0126. The molecule has 1 saturated heterocycles. The fourth-order valence-corrected chi connectivity index (χ4v) is 2.61. The van der Waals surface area contributed by atoms with Gasteiger partial charge in [0.1, 0.15) is 12.6 Å². The molecule has 9 nitrogen and oxygen atoms in total. The lowest BCUT2D eigenvalue weighted by atomic mass is 10.0. The van der Waals surface area contributed by atoms with E-state index in [0.29, 0.717) is 6.42 Å². The lowest BCUT2D eigenvalue weighted by Gasteiger charge is -2.38. The van der Waals surface area contributed by atoms with Crippen molar-refractivity contribution in [3.05, 3.63) is 46.3 Å². The van der Waals surface area contributed by atoms with Crippen molar-refractivity contribution >= 4 is 11.9 Å². The highest BCUT2D eigenvalue weighted by Gasteiger charge is 2.41. The fraction of sp³-hybridized carbons (Fsp3) is 0.529. The van der Waals surface area contributed by atoms with E-state index in [-0.39, 0.29) is 13.2 Å². The second-order valence-corrected chi connectivity index (χ2v) is 5.80. The van der Waals surface area contributed by atoms with Crippen LogP contribution < -0.4 is 0 Å². The number of nitrogens with zero attached hydrogens (tertiary/aromatic N) is 3. The highest BCUT2D eigenvalue weighted by molar-refractivity contribution is 5.66. The molecule has 2 rings (SSSR count). The molecule has 0 aliphatic carbocycles. The zero-order chi connectivity index (χ0) is 18.9. The highest BCUT2D eigenvalue weighted by atomic mass is 16.7. The monoisotopic (exact) mass is 363 g/mol. The van der Waals surface area contributed by atoms with Crippen LogP contribution in [0.4, 0.5) is 0 Å². The predicted molar refractivity (Wildman–Crippen MR) is 89.6 cm³/mol. The van der Waals surface area contributed by atoms with Gasteiger partial charge in [0.15, 0.2) is 0 Å². The molecule has 1 aliphatic rings. The van der Waals surface area contributed by atoms with Gasteiger partial charge in [-0.1, -0.05) is 35.4 Å². The van der Waals surface area contributed by atoms with Gasteiger partial charge in [0.25, 0.3) is 0 Å². The summed E-state index contributed by atoms with van der Waals surface area (Å²) in [5, 5.41) is 3.69. The van der Waals surface area contributed by atoms with E-state index < -0.39 is 36.5 Å². The Kier molecular flexibility index (Phi) is 7.40. The summed E-state index contributed by atoms with van der Waals surface area (Å²) >= 11 is 0. The van der Waals surface area contributed by atoms with Crippen LogP contribution >= 0.6 is 0 Å². The van der Waals surface area contributed by atoms with Crippen LogP contribution in [0.15, 0.2) is 35.4 Å². The van der Waals surface area contributed by atoms with Crippen LogP contribution in [0.25, 0.3) is 10.4 Å². The second-order valence-electron chi connectivity index (χ2n) is 5.80. The first-order chi connectivity index (χ1) is 12.5. The molecule has 0 saturated carbocycles. The van der Waals surface area contributed by atoms with Crippen molar-refractivity contribution in [1.82, 2.24) is 0 Å². The van der Waals surface area contributed by atoms with Crippen molar-refractivity contribution in [2.75, 3.05) is 6.61 Å². The minimum atomic E-state index is -1.11. The Bertz CT molecular complexity index is 662. The van der Waals surface area contributed by atoms with Crippen molar-refractivity contribution in [2.24, 2.45) is 5.11 Å². The lowest BCUT2D eigenvalue weighted by molar-refractivity contribution is -0.235. The fourth-order valence-electron chi connectivity index (χ4n) is 2.61. The molecule has 0 amide bonds. The van der Waals surface area contributed by atoms with Crippen molar-refractivity contribution in [3.63, 3.8) is 0 Å². The van der Waals surface area contributed by atoms with E-state index in [4.69, 9.17) is 24.5 Å². The third-order valence-electron chi connectivity index (χ3n) is 3.73. The van der Waals surface area contributed by atoms with Gasteiger partial charge in [-0.3, -0.25) is 9.59 Å². The van der Waals surface area contributed by atoms with Crippen molar-refractivity contribution < 1.29 is 28.5 Å². The van der Waals surface area contributed by atoms with Crippen LogP contribution in [-0.4, -0.2) is 43.1 Å². The van der Waals surface area contributed by atoms with Gasteiger partial charge in [0.2, 0.25) is 6.29 Å². The SMILES string of the molecule is CC(=O)OCC1C[C@H](OCc2ccccc2)C(N=[N+]=[N-])C(OC(C)=O)O1. The standard InChI is InChI=1S/C17H21N3O6/c1-11(21)23-10-14-8-15(24-9-13-6-4-3-5-7-13)16(19-20-18)17(26-14)25-12(2)22/h3-7,14-17H,8-10H2,1-2H3/t14?,15-,16?,17?/m0/s1. The number of hydrogen-bond acceptors (Lipinski definition) is 7. The molecule has 1 heterocycles. The highest BCUT2D eigenvalue weighted by Crippen LogP contribution is 2.27. The maximum absolute atomic E-state index is 11.4. The Balaban J connectivity index is 2.12. The van der Waals surface area contributed by atoms with Gasteiger partial charge in [-0.15, -0.1) is 0 Å². The molecule has 1 aromatic rings. The minimum Gasteiger partial charge on any atom is -0.463 e. The number of carbonyl (C=O) groups excluding carboxylic acids is 2. The Hall–Kier alpha value is -2.61. The Labute approximate surface area is 150 Å². The van der Waals surface area contributed by atoms with E-state index in [1.54, 1.807) is 0 Å². The quantitative estimate of drug-likeness (QED) is 0.318. The van der Waals surface area contributed by atoms with Crippen LogP contribution in [0.1, 0.15) is 25.8 Å². The van der Waals surface area contributed by atoms with E-state index >= 15 is 0 Å². The summed E-state index contributed by atoms with van der Waals surface area (Å²) in [6.45, 7) is 2.79. The van der Waals surface area contributed by atoms with E-state index in [1.165, 1.54) is 13.8 Å². The molecule has 26 heavy (non-hydrogen) atoms. The van der Waals surface area contributed by atoms with E-state index in [9.17, 15) is 9.59 Å². The van der Waals surface area contributed by atoms with Crippen molar-refractivity contribution in [3.8, 4) is 0 Å². The third kappa shape index (κ3) is 6.03. The van der Waals surface area contributed by atoms with Gasteiger partial charge in [0.05, 0.1) is 18.8 Å². The second kappa shape index (κ2) is 9.76. The molecule has 3 unspecified atom stereocenters. The summed E-state index contributed by atoms with van der Waals surface area (Å²) in [6, 6.07) is 8.63. The van der Waals surface area contributed by atoms with Crippen LogP contribution in [0.3, 0.4) is 0 Å². The Morgan fingerprint density at radius 3 is 2.62 bits per heavy atom. The first kappa shape index (κ1) is 19.7. The molecular formula is C17H21N3O6. The van der Waals surface area contributed by atoms with Crippen LogP contribution in [0.5, 0.6) is 0 Å². The molecule has 0 bridgehead atoms. The molecule has 9 heteroatoms. The first-order valence-electron chi connectivity index (χ1n) is 8.15. The maximum atomic E-state index is 11.4. The summed E-state index contributed by atoms with van der Waals surface area (Å²) in [6.07, 6.45) is -1.90. The van der Waals surface area contributed by atoms with Crippen molar-refractivity contribution in [2.45, 2.75) is 51.4 Å². The van der Waals surface area contributed by atoms with Crippen LogP contribution in [0, 0.1) is 0 Å². The van der Waals surface area contributed by atoms with Crippen LogP contribution in [-0.2, 0) is 35.1 Å². The lowest BCUT2D eigenvalue weighted by Crippen LogP contribution is -2.51. The average molecular weight is 363 g/mol. The molecule has 4 atom stereocenters. The smallest absolute Gasteiger partial charge is 0.304 e. The predicted octanol–water partition coefficient (Wildman–Crippen LogP) is 2.49. The summed E-state index contributed by atoms with van der Waals surface area (Å²) in [4.78, 5) is 25.2. The molecule has 0 aromatic heterocycles. The molecule has 0 spiro atoms. The molecule has 1 aromatic carbocycles. The Morgan fingerprint density at radius 2 is 2.00 bits per heavy atom. The molecule has 0 N–H and O–H groups in total. The molecule has 140 valence electrons. The van der Waals surface area contributed by atoms with Gasteiger partial charge in [-0.05, 0) is 11.1 Å². The molecule has 1 fully saturated rings. The van der Waals surface area contributed by atoms with Gasteiger partial charge < -0.3 is 18.9 Å². The summed E-state index contributed by atoms with van der Waals surface area (Å²) in [5.41, 5.74) is 9.80. The van der Waals surface area contributed by atoms with Gasteiger partial charge in [-0.25, -0.2) is 0 Å². The van der Waals surface area contributed by atoms with Gasteiger partial charge >= 0.3 is 11.9 Å². The molecule has 1 aliphatic heterocycles. The van der Waals surface area contributed by atoms with Gasteiger partial charge in [-0.2, -0.15) is 0 Å². The molecular weight excluding hydrogens is 342 g/mol. The summed E-state index contributed by atoms with van der Waals surface area (Å²) in [5.74, 6) is -1.03. The average Bonchev–Trinajstić information content (AvgIpc) is 2.61. The molecule has 0 radical (unpaired) electrons. The number of carbonyl (C=O) groups is 2. The largest absolute Gasteiger partial charge is 0.463 e. The summed E-state index contributed by atoms with van der Waals surface area (Å²) in [7, 11) is 0. The number of esters is 2. The van der Waals surface area contributed by atoms with Crippen molar-refractivity contribution in [1.29, 1.82) is 0 Å². The third-order valence-corrected chi connectivity index (χ3v) is 3.73. The van der Waals surface area contributed by atoms with Crippen LogP contribution in [0.2, 0.25) is 0 Å². The van der Waals surface area contributed by atoms with E-state index in [1.807, 2.05) is 30.3 Å². The Morgan fingerprint density at radius 1 is 1.27 bits per heavy atom. The number of ether oxygens (including phenoxy) is 4. The van der Waals surface area contributed by atoms with E-state index in [2.05, 4.69) is 10.0 Å². The number of rotatable bonds is 7. The zero-order valence-corrected chi connectivity index (χ0v) is 14.6. The maximum Gasteiger partial charge on any atom is 0.304 e. The summed E-state index contributed by atoms with van der Waals surface area (Å²) < 4.78 is 21.6. The number of hydrogen-bond donors (Lipinski definition) is 0. The van der Waals surface area contributed by atoms with Gasteiger partial charge in [0, 0.05) is 25.2 Å². The first-order valence-corrected chi connectivity index (χ1v) is 8.15. The topological polar surface area (TPSA) is 120 Å². The zero-order valence-electron chi connectivity index (χ0n) is 14.6. The van der Waals surface area contributed by atoms with E-state index in [0.717, 1.165) is 5.56 Å². The number of benzene rings is 1.